The number of nitrogens with zero attached hydrogens (tertiary/aromatic N) is 2. The molecule has 1 N–H and O–H groups in total. The van der Waals surface area contributed by atoms with E-state index in [0.717, 1.165) is 24.3 Å². The smallest absolute Gasteiger partial charge is 0.271 e. The maximum absolute atomic E-state index is 13.1. The summed E-state index contributed by atoms with van der Waals surface area (Å²) in [7, 11) is 0. The van der Waals surface area contributed by atoms with Crippen molar-refractivity contribution < 1.29 is 14.1 Å². The minimum absolute atomic E-state index is 0.0394. The first kappa shape index (κ1) is 16.7. The van der Waals surface area contributed by atoms with Crippen molar-refractivity contribution >= 4 is 40.5 Å². The number of hydrogen-bond acceptors (Lipinski definition) is 4. The number of anilines is 1. The summed E-state index contributed by atoms with van der Waals surface area (Å²) in [5, 5.41) is 21.8. The van der Waals surface area contributed by atoms with E-state index < -0.39 is 22.3 Å². The molecule has 2 aromatic rings. The fourth-order valence-electron chi connectivity index (χ4n) is 1.75. The molecular weight excluding hydrogens is 348 g/mol. The highest BCUT2D eigenvalue weighted by Gasteiger charge is 2.20. The van der Waals surface area contributed by atoms with Gasteiger partial charge in [0.15, 0.2) is 0 Å². The summed E-state index contributed by atoms with van der Waals surface area (Å²) in [6.45, 7) is 0. The first-order chi connectivity index (χ1) is 10.8. The van der Waals surface area contributed by atoms with Crippen LogP contribution in [0.4, 0.5) is 15.8 Å². The summed E-state index contributed by atoms with van der Waals surface area (Å²) in [5.41, 5.74) is -0.716. The van der Waals surface area contributed by atoms with Gasteiger partial charge in [0.2, 0.25) is 0 Å². The second-order valence-corrected chi connectivity index (χ2v) is 5.09. The number of nitriles is 1. The van der Waals surface area contributed by atoms with Gasteiger partial charge in [-0.25, -0.2) is 4.39 Å². The molecule has 0 radical (unpaired) electrons. The lowest BCUT2D eigenvalue weighted by Gasteiger charge is -2.09. The molecule has 0 unspecified atom stereocenters. The van der Waals surface area contributed by atoms with Gasteiger partial charge in [-0.15, -0.1) is 0 Å². The van der Waals surface area contributed by atoms with Gasteiger partial charge in [-0.1, -0.05) is 23.2 Å². The molecule has 0 aliphatic carbocycles. The highest BCUT2D eigenvalue weighted by molar-refractivity contribution is 6.44. The number of carbonyl (C=O) groups is 1. The second kappa shape index (κ2) is 6.60. The third-order valence-electron chi connectivity index (χ3n) is 2.82. The number of halogens is 3. The lowest BCUT2D eigenvalue weighted by atomic mass is 10.1. The van der Waals surface area contributed by atoms with Crippen LogP contribution >= 0.6 is 23.2 Å². The summed E-state index contributed by atoms with van der Waals surface area (Å²) in [4.78, 5) is 22.3. The summed E-state index contributed by atoms with van der Waals surface area (Å²) in [5.74, 6) is -1.46. The normalized spacial score (nSPS) is 10.0. The predicted molar refractivity (Wildman–Crippen MR) is 82.2 cm³/mol. The number of benzene rings is 2. The van der Waals surface area contributed by atoms with Gasteiger partial charge in [-0.2, -0.15) is 5.26 Å². The molecule has 9 heteroatoms. The summed E-state index contributed by atoms with van der Waals surface area (Å²) in [6.07, 6.45) is 0. The van der Waals surface area contributed by atoms with Gasteiger partial charge in [-0.05, 0) is 18.2 Å². The molecule has 6 nitrogen and oxygen atoms in total. The Hall–Kier alpha value is -2.69. The van der Waals surface area contributed by atoms with Gasteiger partial charge in [0.1, 0.15) is 11.9 Å². The molecule has 23 heavy (non-hydrogen) atoms. The van der Waals surface area contributed by atoms with Crippen LogP contribution in [0.15, 0.2) is 30.3 Å². The van der Waals surface area contributed by atoms with Crippen molar-refractivity contribution in [1.82, 2.24) is 0 Å². The maximum Gasteiger partial charge on any atom is 0.271 e. The van der Waals surface area contributed by atoms with Crippen LogP contribution in [0.1, 0.15) is 15.9 Å². The Balaban J connectivity index is 2.43. The minimum atomic E-state index is -0.816. The quantitative estimate of drug-likeness (QED) is 0.661. The van der Waals surface area contributed by atoms with Crippen molar-refractivity contribution in [2.24, 2.45) is 0 Å². The van der Waals surface area contributed by atoms with E-state index in [1.54, 1.807) is 6.07 Å². The largest absolute Gasteiger partial charge is 0.321 e. The predicted octanol–water partition coefficient (Wildman–Crippen LogP) is 4.16. The highest BCUT2D eigenvalue weighted by atomic mass is 35.5. The van der Waals surface area contributed by atoms with E-state index in [0.29, 0.717) is 0 Å². The molecule has 1 amide bonds. The molecule has 116 valence electrons. The molecule has 0 bridgehead atoms. The number of nitrogens with one attached hydrogen (secondary N) is 1. The zero-order valence-electron chi connectivity index (χ0n) is 11.1. The Labute approximate surface area is 139 Å². The molecule has 0 atom stereocenters. The third-order valence-corrected chi connectivity index (χ3v) is 3.62. The molecule has 0 heterocycles. The lowest BCUT2D eigenvalue weighted by molar-refractivity contribution is -0.384. The number of non-ortho nitro benzene ring substituents is 1. The molecule has 0 saturated heterocycles. The first-order valence-corrected chi connectivity index (χ1v) is 6.73. The SMILES string of the molecule is N#Cc1cc(F)ccc1NC(=O)c1cc([N+](=O)[O-])cc(Cl)c1Cl. The van der Waals surface area contributed by atoms with Gasteiger partial charge >= 0.3 is 0 Å². The monoisotopic (exact) mass is 353 g/mol. The van der Waals surface area contributed by atoms with E-state index in [9.17, 15) is 19.3 Å². The number of hydrogen-bond donors (Lipinski definition) is 1. The van der Waals surface area contributed by atoms with Crippen molar-refractivity contribution in [3.63, 3.8) is 0 Å². The Morgan fingerprint density at radius 3 is 2.61 bits per heavy atom. The van der Waals surface area contributed by atoms with E-state index >= 15 is 0 Å². The van der Waals surface area contributed by atoms with Crippen LogP contribution in [0.2, 0.25) is 10.0 Å². The van der Waals surface area contributed by atoms with E-state index in [-0.39, 0.29) is 26.9 Å². The van der Waals surface area contributed by atoms with Crippen LogP contribution in [0.25, 0.3) is 0 Å². The Morgan fingerprint density at radius 2 is 2.00 bits per heavy atom. The van der Waals surface area contributed by atoms with Crippen LogP contribution in [0, 0.1) is 27.3 Å². The van der Waals surface area contributed by atoms with Crippen LogP contribution in [0.5, 0.6) is 0 Å². The molecule has 0 aliphatic rings. The standard InChI is InChI=1S/C14H6Cl2FN3O3/c15-11-5-9(20(22)23)4-10(13(11)16)14(21)19-12-2-1-8(17)3-7(12)6-18/h1-5H,(H,19,21). The molecule has 0 spiro atoms. The van der Waals surface area contributed by atoms with Gasteiger partial charge in [-0.3, -0.25) is 14.9 Å². The molecule has 0 aliphatic heterocycles. The van der Waals surface area contributed by atoms with Crippen molar-refractivity contribution in [2.75, 3.05) is 5.32 Å². The van der Waals surface area contributed by atoms with Crippen molar-refractivity contribution in [2.45, 2.75) is 0 Å². The maximum atomic E-state index is 13.1. The Kier molecular flexibility index (Phi) is 4.79. The van der Waals surface area contributed by atoms with Crippen LogP contribution in [-0.2, 0) is 0 Å². The molecular formula is C14H6Cl2FN3O3. The molecule has 2 aromatic carbocycles. The number of nitro benzene ring substituents is 1. The van der Waals surface area contributed by atoms with E-state index in [1.807, 2.05) is 0 Å². The van der Waals surface area contributed by atoms with Crippen LogP contribution in [0.3, 0.4) is 0 Å². The topological polar surface area (TPSA) is 96.0 Å². The first-order valence-electron chi connectivity index (χ1n) is 5.98. The second-order valence-electron chi connectivity index (χ2n) is 4.30. The van der Waals surface area contributed by atoms with Crippen LogP contribution < -0.4 is 5.32 Å². The van der Waals surface area contributed by atoms with E-state index in [1.165, 1.54) is 6.07 Å². The van der Waals surface area contributed by atoms with E-state index in [2.05, 4.69) is 5.32 Å². The Bertz CT molecular complexity index is 865. The van der Waals surface area contributed by atoms with Gasteiger partial charge in [0, 0.05) is 12.1 Å². The fourth-order valence-corrected chi connectivity index (χ4v) is 2.16. The molecule has 0 saturated carbocycles. The molecule has 0 aromatic heterocycles. The van der Waals surface area contributed by atoms with E-state index in [4.69, 9.17) is 28.5 Å². The zero-order chi connectivity index (χ0) is 17.1. The fraction of sp³-hybridized carbons (Fsp3) is 0. The summed E-state index contributed by atoms with van der Waals surface area (Å²) < 4.78 is 13.1. The number of amides is 1. The van der Waals surface area contributed by atoms with Gasteiger partial charge < -0.3 is 5.32 Å². The number of carbonyl (C=O) groups excluding carboxylic acids is 1. The average molecular weight is 354 g/mol. The average Bonchev–Trinajstić information content (AvgIpc) is 2.51. The van der Waals surface area contributed by atoms with Crippen molar-refractivity contribution in [3.8, 4) is 6.07 Å². The lowest BCUT2D eigenvalue weighted by Crippen LogP contribution is -2.14. The Morgan fingerprint density at radius 1 is 1.30 bits per heavy atom. The van der Waals surface area contributed by atoms with Crippen LogP contribution in [-0.4, -0.2) is 10.8 Å². The molecule has 2 rings (SSSR count). The highest BCUT2D eigenvalue weighted by Crippen LogP contribution is 2.31. The minimum Gasteiger partial charge on any atom is -0.321 e. The number of rotatable bonds is 3. The zero-order valence-corrected chi connectivity index (χ0v) is 12.7. The van der Waals surface area contributed by atoms with Gasteiger partial charge in [0.25, 0.3) is 11.6 Å². The number of nitro groups is 1. The third kappa shape index (κ3) is 3.56. The van der Waals surface area contributed by atoms with Crippen molar-refractivity contribution in [1.29, 1.82) is 5.26 Å². The summed E-state index contributed by atoms with van der Waals surface area (Å²) >= 11 is 11.7. The summed E-state index contributed by atoms with van der Waals surface area (Å²) in [6, 6.07) is 6.89. The van der Waals surface area contributed by atoms with Crippen molar-refractivity contribution in [3.05, 3.63) is 67.4 Å². The van der Waals surface area contributed by atoms with Gasteiger partial charge in [0.05, 0.1) is 31.8 Å². The molecule has 0 fully saturated rings.